The summed E-state index contributed by atoms with van der Waals surface area (Å²) in [5, 5.41) is 7.29. The van der Waals surface area contributed by atoms with Gasteiger partial charge in [0, 0.05) is 41.2 Å². The van der Waals surface area contributed by atoms with E-state index in [-0.39, 0.29) is 0 Å². The molecule has 4 aromatic rings. The van der Waals surface area contributed by atoms with Crippen LogP contribution in [-0.4, -0.2) is 54.6 Å². The third-order valence-corrected chi connectivity index (χ3v) is 19.2. The van der Waals surface area contributed by atoms with Gasteiger partial charge in [-0.05, 0) is 44.6 Å². The van der Waals surface area contributed by atoms with Gasteiger partial charge in [-0.3, -0.25) is 0 Å². The van der Waals surface area contributed by atoms with Gasteiger partial charge in [0.15, 0.2) is 28.8 Å². The van der Waals surface area contributed by atoms with Crippen molar-refractivity contribution in [3.63, 3.8) is 0 Å². The Labute approximate surface area is 602 Å². The highest BCUT2D eigenvalue weighted by Gasteiger charge is 2.21. The molecule has 11 heteroatoms. The van der Waals surface area contributed by atoms with E-state index in [1.807, 2.05) is 24.3 Å². The van der Waals surface area contributed by atoms with Crippen molar-refractivity contribution < 1.29 is 28.4 Å². The van der Waals surface area contributed by atoms with E-state index in [2.05, 4.69) is 82.5 Å². The molecule has 1 heterocycles. The van der Waals surface area contributed by atoms with Crippen LogP contribution in [0.3, 0.4) is 0 Å². The number of unbranched alkanes of at least 4 members (excludes halogenated alkanes) is 48. The fraction of sp³-hybridized carbons (Fsp3) is 0.759. The van der Waals surface area contributed by atoms with Gasteiger partial charge in [-0.15, -0.1) is 0 Å². The normalized spacial score (nSPS) is 11.4. The second kappa shape index (κ2) is 61.9. The van der Waals surface area contributed by atoms with Crippen molar-refractivity contribution in [3.8, 4) is 45.9 Å². The third kappa shape index (κ3) is 43.0. The van der Waals surface area contributed by atoms with Crippen molar-refractivity contribution in [2.75, 3.05) is 50.3 Å². The zero-order valence-corrected chi connectivity index (χ0v) is 64.3. The zero-order chi connectivity index (χ0) is 69.5. The van der Waals surface area contributed by atoms with E-state index in [4.69, 9.17) is 43.4 Å². The SMILES string of the molecule is CCCCCCCCCCCOc1cc(Nc2nc(Nc3cc(OCCCCCCCCCCC)c(OCCCCCCCCCCC)c(OCCCCCCCCCCC)c3)nc(-c3cc[c]cc3)n2)cc(OCCCCCCCCCCC)c1OCCCCCCCCCCC. The molecule has 1 radical (unpaired) electrons. The molecule has 0 bridgehead atoms. The summed E-state index contributed by atoms with van der Waals surface area (Å²) in [6.45, 7) is 17.3. The molecule has 0 spiro atoms. The van der Waals surface area contributed by atoms with Gasteiger partial charge in [-0.1, -0.05) is 374 Å². The standard InChI is InChI=1S/C87H148N5O6/c1-7-13-19-25-31-37-43-49-58-66-93-79-72-77(73-80(94-67-59-50-44-38-32-26-20-14-8-2)83(79)97-70-62-53-47-41-35-29-23-17-11-5)88-86-90-85(76-64-56-55-57-65-76)91-87(92-86)89-78-74-81(95-68-60-51-45-39-33-27-21-15-9-3)84(98-71-63-54-48-42-36-30-24-18-12-6)82(75-78)96-69-61-52-46-40-34-28-22-16-10-4/h56-57,64-65,72-75H,7-54,58-63,66-71H2,1-6H3,(H2,88,89,90,91,92). The zero-order valence-electron chi connectivity index (χ0n) is 64.3. The Morgan fingerprint density at radius 1 is 0.255 bits per heavy atom. The Balaban J connectivity index is 1.72. The molecule has 0 aliphatic rings. The summed E-state index contributed by atoms with van der Waals surface area (Å²) >= 11 is 0. The maximum Gasteiger partial charge on any atom is 0.232 e. The molecule has 0 fully saturated rings. The Morgan fingerprint density at radius 3 is 0.684 bits per heavy atom. The van der Waals surface area contributed by atoms with Crippen LogP contribution in [0.25, 0.3) is 11.4 Å². The van der Waals surface area contributed by atoms with Crippen LogP contribution in [-0.2, 0) is 0 Å². The summed E-state index contributed by atoms with van der Waals surface area (Å²) in [4.78, 5) is 15.4. The molecule has 557 valence electrons. The highest BCUT2D eigenvalue weighted by atomic mass is 16.5. The van der Waals surface area contributed by atoms with Crippen LogP contribution in [0.15, 0.2) is 48.5 Å². The lowest BCUT2D eigenvalue weighted by Crippen LogP contribution is -2.09. The van der Waals surface area contributed by atoms with Crippen molar-refractivity contribution >= 4 is 23.3 Å². The average molecular weight is 1360 g/mol. The lowest BCUT2D eigenvalue weighted by Gasteiger charge is -2.20. The first-order chi connectivity index (χ1) is 48.5. The Morgan fingerprint density at radius 2 is 0.459 bits per heavy atom. The van der Waals surface area contributed by atoms with Gasteiger partial charge >= 0.3 is 0 Å². The third-order valence-electron chi connectivity index (χ3n) is 19.2. The minimum Gasteiger partial charge on any atom is -0.489 e. The van der Waals surface area contributed by atoms with Gasteiger partial charge in [-0.25, -0.2) is 0 Å². The van der Waals surface area contributed by atoms with Crippen LogP contribution < -0.4 is 39.1 Å². The van der Waals surface area contributed by atoms with Gasteiger partial charge in [-0.2, -0.15) is 15.0 Å². The van der Waals surface area contributed by atoms with Gasteiger partial charge in [0.2, 0.25) is 23.4 Å². The smallest absolute Gasteiger partial charge is 0.232 e. The first kappa shape index (κ1) is 85.5. The van der Waals surface area contributed by atoms with E-state index in [0.717, 1.165) is 94.0 Å². The van der Waals surface area contributed by atoms with Gasteiger partial charge in [0.1, 0.15) is 0 Å². The van der Waals surface area contributed by atoms with E-state index in [1.54, 1.807) is 0 Å². The number of nitrogens with one attached hydrogen (secondary N) is 2. The largest absolute Gasteiger partial charge is 0.489 e. The quantitative estimate of drug-likeness (QED) is 0.0412. The first-order valence-corrected chi connectivity index (χ1v) is 41.9. The van der Waals surface area contributed by atoms with Crippen LogP contribution in [0, 0.1) is 6.07 Å². The minimum absolute atomic E-state index is 0.382. The Hall–Kier alpha value is -4.93. The van der Waals surface area contributed by atoms with E-state index >= 15 is 0 Å². The van der Waals surface area contributed by atoms with Crippen LogP contribution in [0.2, 0.25) is 0 Å². The molecule has 1 aromatic heterocycles. The second-order valence-corrected chi connectivity index (χ2v) is 28.5. The van der Waals surface area contributed by atoms with Gasteiger partial charge in [0.05, 0.1) is 39.6 Å². The summed E-state index contributed by atoms with van der Waals surface area (Å²) in [5.41, 5.74) is 2.35. The predicted octanol–water partition coefficient (Wildman–Crippen LogP) is 28.3. The number of anilines is 4. The maximum absolute atomic E-state index is 6.84. The highest BCUT2D eigenvalue weighted by molar-refractivity contribution is 5.70. The molecule has 0 saturated carbocycles. The first-order valence-electron chi connectivity index (χ1n) is 41.9. The molecular formula is C87H148N5O6. The molecule has 3 aromatic carbocycles. The Bertz CT molecular complexity index is 2210. The molecule has 4 rings (SSSR count). The number of nitrogens with zero attached hydrogens (tertiary/aromatic N) is 3. The van der Waals surface area contributed by atoms with Crippen LogP contribution in [0.5, 0.6) is 34.5 Å². The van der Waals surface area contributed by atoms with Crippen LogP contribution in [0.1, 0.15) is 388 Å². The fourth-order valence-corrected chi connectivity index (χ4v) is 13.0. The van der Waals surface area contributed by atoms with Crippen molar-refractivity contribution in [3.05, 3.63) is 54.6 Å². The van der Waals surface area contributed by atoms with E-state index < -0.39 is 0 Å². The number of hydrogen-bond acceptors (Lipinski definition) is 11. The highest BCUT2D eigenvalue weighted by Crippen LogP contribution is 2.44. The van der Waals surface area contributed by atoms with Crippen molar-refractivity contribution in [2.45, 2.75) is 388 Å². The number of benzene rings is 3. The lowest BCUT2D eigenvalue weighted by molar-refractivity contribution is 0.234. The summed E-state index contributed by atoms with van der Waals surface area (Å²) in [7, 11) is 0. The molecule has 2 N–H and O–H groups in total. The molecule has 98 heavy (non-hydrogen) atoms. The van der Waals surface area contributed by atoms with E-state index in [9.17, 15) is 0 Å². The van der Waals surface area contributed by atoms with Crippen molar-refractivity contribution in [1.29, 1.82) is 0 Å². The number of ether oxygens (including phenoxy) is 6. The van der Waals surface area contributed by atoms with Crippen LogP contribution in [0.4, 0.5) is 23.3 Å². The molecule has 0 aliphatic heterocycles. The number of aromatic nitrogens is 3. The van der Waals surface area contributed by atoms with E-state index in [0.29, 0.717) is 91.9 Å². The van der Waals surface area contributed by atoms with Gasteiger partial charge in [0.25, 0.3) is 0 Å². The molecule has 0 unspecified atom stereocenters. The predicted molar refractivity (Wildman–Crippen MR) is 420 cm³/mol. The maximum atomic E-state index is 6.84. The topological polar surface area (TPSA) is 118 Å². The second-order valence-electron chi connectivity index (χ2n) is 28.5. The molecule has 0 aliphatic carbocycles. The van der Waals surface area contributed by atoms with Gasteiger partial charge < -0.3 is 39.1 Å². The summed E-state index contributed by atoms with van der Waals surface area (Å²) < 4.78 is 41.0. The minimum atomic E-state index is 0.382. The van der Waals surface area contributed by atoms with E-state index in [1.165, 1.54) is 270 Å². The number of hydrogen-bond donors (Lipinski definition) is 2. The molecule has 0 saturated heterocycles. The molecular weight excluding hydrogens is 1210 g/mol. The van der Waals surface area contributed by atoms with Crippen molar-refractivity contribution in [1.82, 2.24) is 15.0 Å². The summed E-state index contributed by atoms with van der Waals surface area (Å²) in [6, 6.07) is 19.2. The number of rotatable bonds is 71. The summed E-state index contributed by atoms with van der Waals surface area (Å²) in [6.07, 6.45) is 67.5. The molecule has 0 atom stereocenters. The molecule has 0 amide bonds. The molecule has 11 nitrogen and oxygen atoms in total. The average Bonchev–Trinajstić information content (AvgIpc) is 0.830. The van der Waals surface area contributed by atoms with Crippen LogP contribution >= 0.6 is 0 Å². The lowest BCUT2D eigenvalue weighted by atomic mass is 10.1. The van der Waals surface area contributed by atoms with Crippen molar-refractivity contribution in [2.24, 2.45) is 0 Å². The Kier molecular flexibility index (Phi) is 54.0. The summed E-state index contributed by atoms with van der Waals surface area (Å²) in [5.74, 6) is 5.40. The monoisotopic (exact) mass is 1360 g/mol. The fourth-order valence-electron chi connectivity index (χ4n) is 13.0.